The van der Waals surface area contributed by atoms with Gasteiger partial charge in [0.05, 0.1) is 29.2 Å². The largest absolute Gasteiger partial charge is 0.302 e. The fourth-order valence-corrected chi connectivity index (χ4v) is 5.37. The summed E-state index contributed by atoms with van der Waals surface area (Å²) in [5, 5.41) is 10.9. The summed E-state index contributed by atoms with van der Waals surface area (Å²) < 4.78 is 0. The third-order valence-corrected chi connectivity index (χ3v) is 6.50. The molecule has 0 spiro atoms. The highest BCUT2D eigenvalue weighted by Gasteiger charge is 2.60. The number of nitriles is 1. The summed E-state index contributed by atoms with van der Waals surface area (Å²) in [5.41, 5.74) is 1.17. The molecule has 0 N–H and O–H groups in total. The minimum absolute atomic E-state index is 0.0577. The average Bonchev–Trinajstić information content (AvgIpc) is 2.94. The lowest BCUT2D eigenvalue weighted by Gasteiger charge is -2.48. The van der Waals surface area contributed by atoms with E-state index >= 15 is 0 Å². The normalized spacial score (nSPS) is 30.7. The van der Waals surface area contributed by atoms with Gasteiger partial charge < -0.3 is 4.90 Å². The van der Waals surface area contributed by atoms with Crippen molar-refractivity contribution < 1.29 is 9.59 Å². The van der Waals surface area contributed by atoms with Gasteiger partial charge in [0.15, 0.2) is 0 Å². The smallest absolute Gasteiger partial charge is 0.239 e. The van der Waals surface area contributed by atoms with Gasteiger partial charge in [-0.15, -0.1) is 0 Å². The summed E-state index contributed by atoms with van der Waals surface area (Å²) in [5.74, 6) is -0.281. The van der Waals surface area contributed by atoms with Crippen molar-refractivity contribution in [2.24, 2.45) is 17.8 Å². The SMILES string of the molecule is CN1CC2CCC1[C@H]1C(=O)N(c3ccc(C#N)c4ccccc34)C(=O)[C@@H]21. The first-order valence-corrected chi connectivity index (χ1v) is 9.11. The number of hydrogen-bond donors (Lipinski definition) is 0. The Kier molecular flexibility index (Phi) is 3.22. The van der Waals surface area contributed by atoms with Crippen LogP contribution < -0.4 is 4.90 Å². The van der Waals surface area contributed by atoms with Crippen LogP contribution in [0, 0.1) is 29.1 Å². The van der Waals surface area contributed by atoms with Crippen LogP contribution in [0.2, 0.25) is 0 Å². The van der Waals surface area contributed by atoms with Gasteiger partial charge in [0, 0.05) is 23.4 Å². The maximum absolute atomic E-state index is 13.3. The highest BCUT2D eigenvalue weighted by molar-refractivity contribution is 6.25. The molecule has 1 saturated carbocycles. The maximum atomic E-state index is 13.3. The molecule has 2 bridgehead atoms. The number of carbonyl (C=O) groups excluding carboxylic acids is 2. The highest BCUT2D eigenvalue weighted by atomic mass is 16.2. The quantitative estimate of drug-likeness (QED) is 0.745. The van der Waals surface area contributed by atoms with Gasteiger partial charge in [-0.2, -0.15) is 5.26 Å². The fraction of sp³-hybridized carbons (Fsp3) is 0.381. The second-order valence-electron chi connectivity index (χ2n) is 7.70. The summed E-state index contributed by atoms with van der Waals surface area (Å²) in [6.07, 6.45) is 2.01. The molecular formula is C21H19N3O2. The van der Waals surface area contributed by atoms with Gasteiger partial charge in [-0.25, -0.2) is 4.90 Å². The lowest BCUT2D eigenvalue weighted by atomic mass is 9.66. The molecule has 4 atom stereocenters. The van der Waals surface area contributed by atoms with Crippen LogP contribution in [-0.2, 0) is 9.59 Å². The molecule has 3 aliphatic heterocycles. The van der Waals surface area contributed by atoms with E-state index < -0.39 is 0 Å². The Labute approximate surface area is 151 Å². The van der Waals surface area contributed by atoms with Crippen LogP contribution in [0.3, 0.4) is 0 Å². The van der Waals surface area contributed by atoms with Crippen LogP contribution in [0.1, 0.15) is 18.4 Å². The minimum atomic E-state index is -0.227. The second-order valence-corrected chi connectivity index (χ2v) is 7.70. The summed E-state index contributed by atoms with van der Waals surface area (Å²) in [4.78, 5) is 30.2. The summed E-state index contributed by atoms with van der Waals surface area (Å²) in [6.45, 7) is 0.896. The van der Waals surface area contributed by atoms with Crippen molar-refractivity contribution in [3.63, 3.8) is 0 Å². The number of anilines is 1. The van der Waals surface area contributed by atoms with Crippen LogP contribution >= 0.6 is 0 Å². The number of carbonyl (C=O) groups is 2. The van der Waals surface area contributed by atoms with E-state index in [1.807, 2.05) is 24.3 Å². The van der Waals surface area contributed by atoms with Crippen molar-refractivity contribution in [3.05, 3.63) is 42.0 Å². The molecule has 2 unspecified atom stereocenters. The van der Waals surface area contributed by atoms with E-state index in [1.54, 1.807) is 12.1 Å². The van der Waals surface area contributed by atoms with Crippen LogP contribution in [0.4, 0.5) is 5.69 Å². The Morgan fingerprint density at radius 3 is 2.46 bits per heavy atom. The predicted octanol–water partition coefficient (Wildman–Crippen LogP) is 2.54. The first-order chi connectivity index (χ1) is 12.6. The van der Waals surface area contributed by atoms with Crippen LogP contribution in [0.25, 0.3) is 10.8 Å². The third-order valence-electron chi connectivity index (χ3n) is 6.50. The van der Waals surface area contributed by atoms with E-state index in [9.17, 15) is 14.9 Å². The molecule has 4 fully saturated rings. The number of rotatable bonds is 1. The standard InChI is InChI=1S/C21H19N3O2/c1-23-11-13-7-9-17(23)19-18(13)20(25)24(21(19)26)16-8-6-12(10-22)14-4-2-3-5-15(14)16/h2-6,8,13,17-19H,7,9,11H2,1H3/t13?,17?,18-,19+/m0/s1. The van der Waals surface area contributed by atoms with Gasteiger partial charge in [0.2, 0.25) is 11.8 Å². The number of nitrogens with zero attached hydrogens (tertiary/aromatic N) is 3. The fourth-order valence-electron chi connectivity index (χ4n) is 5.37. The van der Waals surface area contributed by atoms with Gasteiger partial charge in [0.25, 0.3) is 0 Å². The van der Waals surface area contributed by atoms with Crippen molar-refractivity contribution in [2.75, 3.05) is 18.5 Å². The van der Waals surface area contributed by atoms with Crippen LogP contribution in [0.5, 0.6) is 0 Å². The number of fused-ring (bicyclic) bond motifs is 3. The lowest BCUT2D eigenvalue weighted by Crippen LogP contribution is -2.56. The Morgan fingerprint density at radius 2 is 1.73 bits per heavy atom. The van der Waals surface area contributed by atoms with Gasteiger partial charge >= 0.3 is 0 Å². The molecular weight excluding hydrogens is 326 g/mol. The molecule has 0 aromatic heterocycles. The molecule has 6 rings (SSSR count). The van der Waals surface area contributed by atoms with Crippen molar-refractivity contribution >= 4 is 28.3 Å². The van der Waals surface area contributed by atoms with Crippen LogP contribution in [-0.4, -0.2) is 36.3 Å². The Bertz CT molecular complexity index is 992. The lowest BCUT2D eigenvalue weighted by molar-refractivity contribution is -0.132. The van der Waals surface area contributed by atoms with Gasteiger partial charge in [-0.1, -0.05) is 24.3 Å². The van der Waals surface area contributed by atoms with Gasteiger partial charge in [-0.05, 0) is 37.9 Å². The molecule has 2 aromatic rings. The zero-order chi connectivity index (χ0) is 18.0. The number of benzene rings is 2. The molecule has 5 nitrogen and oxygen atoms in total. The first kappa shape index (κ1) is 15.5. The minimum Gasteiger partial charge on any atom is -0.302 e. The van der Waals surface area contributed by atoms with Crippen molar-refractivity contribution in [2.45, 2.75) is 18.9 Å². The molecule has 0 radical (unpaired) electrons. The van der Waals surface area contributed by atoms with Crippen molar-refractivity contribution in [1.29, 1.82) is 5.26 Å². The molecule has 1 aliphatic carbocycles. The summed E-state index contributed by atoms with van der Waals surface area (Å²) in [7, 11) is 2.06. The molecule has 4 aliphatic rings. The first-order valence-electron chi connectivity index (χ1n) is 9.11. The average molecular weight is 345 g/mol. The zero-order valence-corrected chi connectivity index (χ0v) is 14.6. The van der Waals surface area contributed by atoms with E-state index in [2.05, 4.69) is 18.0 Å². The van der Waals surface area contributed by atoms with Gasteiger partial charge in [0.1, 0.15) is 0 Å². The Hall–Kier alpha value is -2.71. The zero-order valence-electron chi connectivity index (χ0n) is 14.6. The van der Waals surface area contributed by atoms with Crippen molar-refractivity contribution in [3.8, 4) is 6.07 Å². The highest BCUT2D eigenvalue weighted by Crippen LogP contribution is 2.49. The monoisotopic (exact) mass is 345 g/mol. The Morgan fingerprint density at radius 1 is 1.00 bits per heavy atom. The third kappa shape index (κ3) is 1.88. The number of hydrogen-bond acceptors (Lipinski definition) is 4. The number of imide groups is 1. The molecule has 5 heteroatoms. The van der Waals surface area contributed by atoms with Crippen molar-refractivity contribution in [1.82, 2.24) is 4.90 Å². The molecule has 3 saturated heterocycles. The van der Waals surface area contributed by atoms with E-state index in [4.69, 9.17) is 0 Å². The predicted molar refractivity (Wildman–Crippen MR) is 97.3 cm³/mol. The second kappa shape index (κ2) is 5.39. The molecule has 130 valence electrons. The van der Waals surface area contributed by atoms with E-state index in [1.165, 1.54) is 4.90 Å². The van der Waals surface area contributed by atoms with Gasteiger partial charge in [-0.3, -0.25) is 9.59 Å². The summed E-state index contributed by atoms with van der Waals surface area (Å²) >= 11 is 0. The van der Waals surface area contributed by atoms with E-state index in [0.29, 0.717) is 11.3 Å². The molecule has 2 aromatic carbocycles. The topological polar surface area (TPSA) is 64.4 Å². The number of amides is 2. The van der Waals surface area contributed by atoms with Crippen LogP contribution in [0.15, 0.2) is 36.4 Å². The molecule has 26 heavy (non-hydrogen) atoms. The number of piperidine rings is 2. The molecule has 2 amide bonds. The van der Waals surface area contributed by atoms with E-state index in [-0.39, 0.29) is 35.6 Å². The Balaban J connectivity index is 1.66. The van der Waals surface area contributed by atoms with E-state index in [0.717, 1.165) is 30.2 Å². The summed E-state index contributed by atoms with van der Waals surface area (Å²) in [6, 6.07) is 13.3. The maximum Gasteiger partial charge on any atom is 0.239 e. The molecule has 3 heterocycles.